The number of nitrogens with one attached hydrogen (secondary N) is 2. The molecule has 0 spiro atoms. The quantitative estimate of drug-likeness (QED) is 0.771. The van der Waals surface area contributed by atoms with Crippen molar-refractivity contribution in [3.63, 3.8) is 0 Å². The number of ether oxygens (including phenoxy) is 1. The summed E-state index contributed by atoms with van der Waals surface area (Å²) < 4.78 is 33.6. The number of hydrogen-bond donors (Lipinski definition) is 2. The summed E-state index contributed by atoms with van der Waals surface area (Å²) in [5.41, 5.74) is 0. The Kier molecular flexibility index (Phi) is 6.06. The number of urea groups is 1. The van der Waals surface area contributed by atoms with Gasteiger partial charge in [-0.25, -0.2) is 28.3 Å². The van der Waals surface area contributed by atoms with Crippen LogP contribution in [0, 0.1) is 0 Å². The van der Waals surface area contributed by atoms with Crippen LogP contribution in [0.2, 0.25) is 0 Å². The zero-order valence-electron chi connectivity index (χ0n) is 15.6. The summed E-state index contributed by atoms with van der Waals surface area (Å²) in [7, 11) is 2.52. The van der Waals surface area contributed by atoms with Gasteiger partial charge in [-0.2, -0.15) is 4.98 Å². The van der Waals surface area contributed by atoms with Crippen molar-refractivity contribution in [1.82, 2.24) is 19.9 Å². The van der Waals surface area contributed by atoms with Gasteiger partial charge < -0.3 is 14.5 Å². The molecule has 2 aromatic rings. The molecule has 1 fully saturated rings. The molecule has 1 aliphatic rings. The SMILES string of the molecule is COC(=O)Nc1ccnc(N2CCC(F)(F)C(N(C)C(=O)Nc3nccs3)C2)n1. The van der Waals surface area contributed by atoms with Gasteiger partial charge in [0.05, 0.1) is 7.11 Å². The molecular formula is C16H19F2N7O3S. The van der Waals surface area contributed by atoms with Gasteiger partial charge in [0, 0.05) is 44.3 Å². The molecule has 0 saturated carbocycles. The molecular weight excluding hydrogens is 408 g/mol. The highest BCUT2D eigenvalue weighted by Gasteiger charge is 2.48. The molecule has 2 N–H and O–H groups in total. The van der Waals surface area contributed by atoms with Gasteiger partial charge in [0.2, 0.25) is 5.95 Å². The van der Waals surface area contributed by atoms with E-state index in [0.29, 0.717) is 5.13 Å². The Morgan fingerprint density at radius 2 is 2.14 bits per heavy atom. The lowest BCUT2D eigenvalue weighted by atomic mass is 10.00. The maximum Gasteiger partial charge on any atom is 0.412 e. The number of hydrogen-bond acceptors (Lipinski definition) is 8. The Hall–Kier alpha value is -3.09. The molecule has 156 valence electrons. The molecule has 2 aromatic heterocycles. The van der Waals surface area contributed by atoms with Crippen molar-refractivity contribution in [3.05, 3.63) is 23.8 Å². The van der Waals surface area contributed by atoms with Gasteiger partial charge in [0.1, 0.15) is 11.9 Å². The minimum Gasteiger partial charge on any atom is -0.453 e. The van der Waals surface area contributed by atoms with E-state index in [9.17, 15) is 18.4 Å². The van der Waals surface area contributed by atoms with Gasteiger partial charge in [-0.1, -0.05) is 0 Å². The van der Waals surface area contributed by atoms with Crippen LogP contribution >= 0.6 is 11.3 Å². The van der Waals surface area contributed by atoms with Gasteiger partial charge in [0.15, 0.2) is 5.13 Å². The molecule has 13 heteroatoms. The Balaban J connectivity index is 1.74. The number of carbonyl (C=O) groups is 2. The lowest BCUT2D eigenvalue weighted by Crippen LogP contribution is -2.60. The number of aromatic nitrogens is 3. The molecule has 29 heavy (non-hydrogen) atoms. The maximum atomic E-state index is 14.6. The maximum absolute atomic E-state index is 14.6. The monoisotopic (exact) mass is 427 g/mol. The topological polar surface area (TPSA) is 113 Å². The van der Waals surface area contributed by atoms with Crippen LogP contribution in [0.4, 0.5) is 35.3 Å². The van der Waals surface area contributed by atoms with Crippen molar-refractivity contribution in [2.24, 2.45) is 0 Å². The zero-order chi connectivity index (χ0) is 21.0. The fraction of sp³-hybridized carbons (Fsp3) is 0.438. The fourth-order valence-corrected chi connectivity index (χ4v) is 3.32. The summed E-state index contributed by atoms with van der Waals surface area (Å²) in [6.07, 6.45) is 1.71. The molecule has 3 heterocycles. The van der Waals surface area contributed by atoms with Crippen LogP contribution in [0.1, 0.15) is 6.42 Å². The first kappa shape index (κ1) is 20.6. The van der Waals surface area contributed by atoms with Gasteiger partial charge in [-0.15, -0.1) is 11.3 Å². The van der Waals surface area contributed by atoms with Gasteiger partial charge in [-0.3, -0.25) is 10.6 Å². The van der Waals surface area contributed by atoms with E-state index in [1.54, 1.807) is 5.38 Å². The average Bonchev–Trinajstić information content (AvgIpc) is 3.20. The van der Waals surface area contributed by atoms with Crippen molar-refractivity contribution in [3.8, 4) is 0 Å². The van der Waals surface area contributed by atoms with Gasteiger partial charge in [0.25, 0.3) is 5.92 Å². The summed E-state index contributed by atoms with van der Waals surface area (Å²) >= 11 is 1.19. The highest BCUT2D eigenvalue weighted by atomic mass is 32.1. The molecule has 0 aliphatic carbocycles. The van der Waals surface area contributed by atoms with E-state index < -0.39 is 30.5 Å². The second kappa shape index (κ2) is 8.51. The van der Waals surface area contributed by atoms with Crippen LogP contribution < -0.4 is 15.5 Å². The van der Waals surface area contributed by atoms with E-state index in [1.165, 1.54) is 48.9 Å². The first-order valence-electron chi connectivity index (χ1n) is 8.54. The van der Waals surface area contributed by atoms with E-state index in [0.717, 1.165) is 4.90 Å². The van der Waals surface area contributed by atoms with Crippen LogP contribution in [-0.2, 0) is 4.74 Å². The number of piperidine rings is 1. The number of alkyl halides is 2. The van der Waals surface area contributed by atoms with E-state index in [-0.39, 0.29) is 24.9 Å². The number of halogens is 2. The molecule has 0 bridgehead atoms. The minimum absolute atomic E-state index is 0.00683. The number of amides is 3. The normalized spacial score (nSPS) is 18.1. The number of likely N-dealkylation sites (N-methyl/N-ethyl adjacent to an activating group) is 1. The summed E-state index contributed by atoms with van der Waals surface area (Å²) in [5.74, 6) is -2.76. The van der Waals surface area contributed by atoms with Crippen LogP contribution in [0.25, 0.3) is 0 Å². The Labute approximate surface area is 168 Å². The lowest BCUT2D eigenvalue weighted by Gasteiger charge is -2.42. The number of anilines is 3. The number of rotatable bonds is 4. The van der Waals surface area contributed by atoms with Crippen molar-refractivity contribution in [1.29, 1.82) is 0 Å². The molecule has 3 amide bonds. The molecule has 1 atom stereocenters. The average molecular weight is 427 g/mol. The molecule has 10 nitrogen and oxygen atoms in total. The highest BCUT2D eigenvalue weighted by molar-refractivity contribution is 7.13. The van der Waals surface area contributed by atoms with E-state index in [1.807, 2.05) is 0 Å². The predicted molar refractivity (Wildman–Crippen MR) is 103 cm³/mol. The summed E-state index contributed by atoms with van der Waals surface area (Å²) in [6.45, 7) is -0.191. The van der Waals surface area contributed by atoms with Crippen LogP contribution in [-0.4, -0.2) is 71.2 Å². The Morgan fingerprint density at radius 1 is 1.34 bits per heavy atom. The number of carbonyl (C=O) groups excluding carboxylic acids is 2. The fourth-order valence-electron chi connectivity index (χ4n) is 2.80. The second-order valence-electron chi connectivity index (χ2n) is 6.21. The van der Waals surface area contributed by atoms with Crippen LogP contribution in [0.3, 0.4) is 0 Å². The smallest absolute Gasteiger partial charge is 0.412 e. The number of thiazole rings is 1. The molecule has 0 radical (unpaired) electrons. The van der Waals surface area contributed by atoms with Crippen LogP contribution in [0.5, 0.6) is 0 Å². The lowest BCUT2D eigenvalue weighted by molar-refractivity contribution is -0.0760. The highest BCUT2D eigenvalue weighted by Crippen LogP contribution is 2.33. The Morgan fingerprint density at radius 3 is 2.83 bits per heavy atom. The molecule has 0 aromatic carbocycles. The molecule has 1 saturated heterocycles. The summed E-state index contributed by atoms with van der Waals surface area (Å²) in [4.78, 5) is 38.4. The first-order chi connectivity index (χ1) is 13.8. The van der Waals surface area contributed by atoms with Crippen molar-refractivity contribution >= 4 is 40.4 Å². The third-order valence-corrected chi connectivity index (χ3v) is 5.06. The molecule has 1 aliphatic heterocycles. The molecule has 3 rings (SSSR count). The first-order valence-corrected chi connectivity index (χ1v) is 9.42. The van der Waals surface area contributed by atoms with Crippen molar-refractivity contribution in [2.45, 2.75) is 18.4 Å². The Bertz CT molecular complexity index is 868. The van der Waals surface area contributed by atoms with E-state index in [2.05, 4.69) is 30.3 Å². The number of nitrogens with zero attached hydrogens (tertiary/aromatic N) is 5. The summed E-state index contributed by atoms with van der Waals surface area (Å²) in [5, 5.41) is 6.88. The van der Waals surface area contributed by atoms with E-state index >= 15 is 0 Å². The minimum atomic E-state index is -3.09. The standard InChI is InChI=1S/C16H19F2N7O3S/c1-24(14(26)23-13-20-6-8-29-13)10-9-25(7-4-16(10,17)18)12-19-5-3-11(21-12)22-15(27)28-2/h3,5-6,8,10H,4,7,9H2,1-2H3,(H,20,23,26)(H,19,21,22,27). The predicted octanol–water partition coefficient (Wildman–Crippen LogP) is 2.49. The second-order valence-corrected chi connectivity index (χ2v) is 7.10. The van der Waals surface area contributed by atoms with Gasteiger partial charge in [-0.05, 0) is 6.07 Å². The third kappa shape index (κ3) is 4.85. The molecule has 1 unspecified atom stereocenters. The van der Waals surface area contributed by atoms with Crippen LogP contribution in [0.15, 0.2) is 23.8 Å². The van der Waals surface area contributed by atoms with Crippen molar-refractivity contribution in [2.75, 3.05) is 42.8 Å². The zero-order valence-corrected chi connectivity index (χ0v) is 16.4. The van der Waals surface area contributed by atoms with Crippen molar-refractivity contribution < 1.29 is 23.1 Å². The van der Waals surface area contributed by atoms with Gasteiger partial charge >= 0.3 is 12.1 Å². The third-order valence-electron chi connectivity index (χ3n) is 4.37. The number of methoxy groups -OCH3 is 1. The summed E-state index contributed by atoms with van der Waals surface area (Å²) in [6, 6.07) is -0.644. The largest absolute Gasteiger partial charge is 0.453 e. The van der Waals surface area contributed by atoms with E-state index in [4.69, 9.17) is 0 Å².